The molecular weight excluding hydrogens is 635 g/mol. The van der Waals surface area contributed by atoms with Crippen molar-refractivity contribution in [1.82, 2.24) is 0 Å². The third kappa shape index (κ3) is 5.50. The third-order valence-electron chi connectivity index (χ3n) is 6.01. The lowest BCUT2D eigenvalue weighted by Gasteiger charge is -2.15. The van der Waals surface area contributed by atoms with E-state index in [0.717, 1.165) is 34.1 Å². The molecule has 0 aliphatic rings. The Balaban J connectivity index is 0.000000158. The van der Waals surface area contributed by atoms with Crippen LogP contribution in [0.4, 0.5) is 11.4 Å². The largest absolute Gasteiger partial charge is 0.744 e. The molecule has 0 N–H and O–H groups in total. The number of hydrogen-bond acceptors (Lipinski definition) is 7. The molecule has 0 heterocycles. The van der Waals surface area contributed by atoms with Crippen molar-refractivity contribution in [3.05, 3.63) is 130 Å². The van der Waals surface area contributed by atoms with E-state index in [9.17, 15) is 33.2 Å². The molecule has 6 aromatic carbocycles. The molecule has 0 spiro atoms. The van der Waals surface area contributed by atoms with Gasteiger partial charge in [-0.25, -0.2) is 8.42 Å². The van der Waals surface area contributed by atoms with Gasteiger partial charge in [0.25, 0.3) is 11.4 Å². The summed E-state index contributed by atoms with van der Waals surface area (Å²) >= 11 is -0.665. The summed E-state index contributed by atoms with van der Waals surface area (Å²) in [6.07, 6.45) is 0. The van der Waals surface area contributed by atoms with Crippen LogP contribution < -0.4 is 21.2 Å². The number of hydrogen-bond donors (Lipinski definition) is 0. The molecule has 194 valence electrons. The number of benzene rings is 6. The molecular formula is C28H17IN2O7S. The highest BCUT2D eigenvalue weighted by molar-refractivity contribution is 7.86. The Bertz CT molecular complexity index is 1920. The first-order valence-corrected chi connectivity index (χ1v) is 14.9. The van der Waals surface area contributed by atoms with Gasteiger partial charge in [0.1, 0.15) is 10.1 Å². The quantitative estimate of drug-likeness (QED) is 0.0916. The lowest BCUT2D eigenvalue weighted by molar-refractivity contribution is -0.598. The van der Waals surface area contributed by atoms with Gasteiger partial charge in [-0.15, -0.1) is 0 Å². The fraction of sp³-hybridized carbons (Fsp3) is 0. The molecule has 6 rings (SSSR count). The summed E-state index contributed by atoms with van der Waals surface area (Å²) in [6, 6.07) is 29.3. The fourth-order valence-electron chi connectivity index (χ4n) is 4.35. The predicted molar refractivity (Wildman–Crippen MR) is 142 cm³/mol. The Hall–Kier alpha value is -4.20. The van der Waals surface area contributed by atoms with Crippen molar-refractivity contribution in [2.75, 3.05) is 0 Å². The van der Waals surface area contributed by atoms with Crippen LogP contribution in [0.15, 0.2) is 108 Å². The van der Waals surface area contributed by atoms with Gasteiger partial charge in [0.2, 0.25) is 7.14 Å². The van der Waals surface area contributed by atoms with E-state index in [1.807, 2.05) is 36.4 Å². The van der Waals surface area contributed by atoms with Crippen molar-refractivity contribution in [2.24, 2.45) is 0 Å². The third-order valence-corrected chi connectivity index (χ3v) is 9.50. The molecule has 0 atom stereocenters. The van der Waals surface area contributed by atoms with Crippen molar-refractivity contribution in [3.63, 3.8) is 0 Å². The monoisotopic (exact) mass is 652 g/mol. The van der Waals surface area contributed by atoms with Gasteiger partial charge in [-0.3, -0.25) is 20.2 Å². The average molecular weight is 652 g/mol. The molecule has 11 heteroatoms. The van der Waals surface area contributed by atoms with Gasteiger partial charge in [-0.1, -0.05) is 60.7 Å². The summed E-state index contributed by atoms with van der Waals surface area (Å²) in [5, 5.41) is 26.7. The van der Waals surface area contributed by atoms with E-state index >= 15 is 0 Å². The van der Waals surface area contributed by atoms with Crippen molar-refractivity contribution in [3.8, 4) is 0 Å². The Morgan fingerprint density at radius 2 is 1.05 bits per heavy atom. The highest BCUT2D eigenvalue weighted by Gasteiger charge is 2.21. The summed E-state index contributed by atoms with van der Waals surface area (Å²) in [4.78, 5) is 20.3. The van der Waals surface area contributed by atoms with Gasteiger partial charge in [-0.2, -0.15) is 0 Å². The number of nitro benzene ring substituents is 2. The second kappa shape index (κ2) is 10.5. The minimum atomic E-state index is -4.48. The molecule has 0 fully saturated rings. The molecule has 0 aliphatic carbocycles. The molecule has 6 aromatic rings. The maximum Gasteiger partial charge on any atom is 0.358 e. The molecule has 0 aliphatic heterocycles. The van der Waals surface area contributed by atoms with Crippen LogP contribution in [0.25, 0.3) is 32.3 Å². The number of rotatable bonds is 5. The van der Waals surface area contributed by atoms with Gasteiger partial charge >= 0.3 is 21.2 Å². The summed E-state index contributed by atoms with van der Waals surface area (Å²) in [5.74, 6) is 0. The fourth-order valence-corrected chi connectivity index (χ4v) is 7.47. The Labute approximate surface area is 232 Å². The molecule has 0 saturated carbocycles. The van der Waals surface area contributed by atoms with Crippen molar-refractivity contribution >= 4 is 53.8 Å². The van der Waals surface area contributed by atoms with Gasteiger partial charge in [0.15, 0.2) is 0 Å². The highest BCUT2D eigenvalue weighted by Crippen LogP contribution is 2.36. The van der Waals surface area contributed by atoms with Crippen LogP contribution in [-0.2, 0) is 10.1 Å². The SMILES string of the molecule is O=S(=O)([O-])c1ccc2ccc3cccc4ccc1c2c34.O=[N+]([O-])c1cccc([I+]c2cccc([N+](=O)[O-])c2)c1. The second-order valence-corrected chi connectivity index (χ2v) is 12.8. The topological polar surface area (TPSA) is 143 Å². The van der Waals surface area contributed by atoms with Crippen molar-refractivity contribution < 1.29 is 44.0 Å². The minimum absolute atomic E-state index is 0.0441. The number of halogens is 1. The number of non-ortho nitro benzene ring substituents is 2. The van der Waals surface area contributed by atoms with Crippen LogP contribution in [0.2, 0.25) is 0 Å². The molecule has 9 nitrogen and oxygen atoms in total. The predicted octanol–water partition coefficient (Wildman–Crippen LogP) is 3.12. The zero-order valence-corrected chi connectivity index (χ0v) is 22.8. The zero-order valence-electron chi connectivity index (χ0n) is 19.9. The first-order chi connectivity index (χ1) is 18.6. The molecule has 0 saturated heterocycles. The van der Waals surface area contributed by atoms with Crippen LogP contribution >= 0.6 is 0 Å². The average Bonchev–Trinajstić information content (AvgIpc) is 2.91. The van der Waals surface area contributed by atoms with E-state index in [2.05, 4.69) is 0 Å². The number of nitro groups is 2. The van der Waals surface area contributed by atoms with Crippen LogP contribution in [0.3, 0.4) is 0 Å². The van der Waals surface area contributed by atoms with E-state index in [1.54, 1.807) is 36.4 Å². The van der Waals surface area contributed by atoms with Crippen LogP contribution in [0.5, 0.6) is 0 Å². The smallest absolute Gasteiger partial charge is 0.358 e. The molecule has 0 aromatic heterocycles. The standard InChI is InChI=1S/C16H10O3S.C12H8IN2O4/c17-20(18,19)14-9-7-12-5-4-10-2-1-3-11-6-8-13(14)16(12)15(10)11;16-14(17)11-5-1-3-9(7-11)13-10-4-2-6-12(8-10)15(18)19/h1-9H,(H,17,18,19);1-8H/q;+1/p-1. The van der Waals surface area contributed by atoms with E-state index in [1.165, 1.54) is 30.3 Å². The van der Waals surface area contributed by atoms with Gasteiger partial charge in [0, 0.05) is 17.5 Å². The van der Waals surface area contributed by atoms with Crippen molar-refractivity contribution in [2.45, 2.75) is 4.90 Å². The molecule has 0 radical (unpaired) electrons. The molecule has 0 unspecified atom stereocenters. The Kier molecular flexibility index (Phi) is 7.12. The first-order valence-electron chi connectivity index (χ1n) is 11.4. The zero-order chi connectivity index (χ0) is 27.7. The van der Waals surface area contributed by atoms with E-state index in [4.69, 9.17) is 0 Å². The molecule has 0 bridgehead atoms. The van der Waals surface area contributed by atoms with Crippen LogP contribution in [0, 0.1) is 27.4 Å². The normalized spacial score (nSPS) is 11.4. The molecule has 0 amide bonds. The van der Waals surface area contributed by atoms with Crippen LogP contribution in [-0.4, -0.2) is 22.8 Å². The maximum absolute atomic E-state index is 11.4. The lowest BCUT2D eigenvalue weighted by Crippen LogP contribution is -3.61. The van der Waals surface area contributed by atoms with Gasteiger partial charge < -0.3 is 4.55 Å². The number of nitrogens with zero attached hydrogens (tertiary/aromatic N) is 2. The van der Waals surface area contributed by atoms with E-state index in [-0.39, 0.29) is 16.3 Å². The Morgan fingerprint density at radius 1 is 0.590 bits per heavy atom. The van der Waals surface area contributed by atoms with Crippen molar-refractivity contribution in [1.29, 1.82) is 0 Å². The lowest BCUT2D eigenvalue weighted by atomic mass is 9.94. The maximum atomic E-state index is 11.4. The first kappa shape index (κ1) is 26.4. The van der Waals surface area contributed by atoms with E-state index in [0.29, 0.717) is 5.39 Å². The second-order valence-electron chi connectivity index (χ2n) is 8.44. The minimum Gasteiger partial charge on any atom is -0.744 e. The van der Waals surface area contributed by atoms with Gasteiger partial charge in [-0.05, 0) is 45.1 Å². The van der Waals surface area contributed by atoms with E-state index < -0.39 is 41.2 Å². The molecule has 39 heavy (non-hydrogen) atoms. The van der Waals surface area contributed by atoms with Crippen LogP contribution in [0.1, 0.15) is 0 Å². The van der Waals surface area contributed by atoms with Gasteiger partial charge in [0.05, 0.1) is 26.9 Å². The summed E-state index contributed by atoms with van der Waals surface area (Å²) in [5.41, 5.74) is 0.0882. The Morgan fingerprint density at radius 3 is 1.56 bits per heavy atom. The summed E-state index contributed by atoms with van der Waals surface area (Å²) in [6.45, 7) is 0. The highest BCUT2D eigenvalue weighted by atomic mass is 127. The summed E-state index contributed by atoms with van der Waals surface area (Å²) in [7, 11) is -4.48. The summed E-state index contributed by atoms with van der Waals surface area (Å²) < 4.78 is 36.0.